The summed E-state index contributed by atoms with van der Waals surface area (Å²) >= 11 is 0. The first-order chi connectivity index (χ1) is 10.3. The van der Waals surface area contributed by atoms with Gasteiger partial charge >= 0.3 is 0 Å². The van der Waals surface area contributed by atoms with Crippen LogP contribution in [0.1, 0.15) is 25.3 Å². The molecule has 3 rings (SSSR count). The van der Waals surface area contributed by atoms with Gasteiger partial charge in [0.25, 0.3) is 0 Å². The third-order valence-electron chi connectivity index (χ3n) is 3.74. The molecule has 21 heavy (non-hydrogen) atoms. The van der Waals surface area contributed by atoms with Gasteiger partial charge in [0.05, 0.1) is 0 Å². The minimum absolute atomic E-state index is 0.216. The molecule has 4 heteroatoms. The van der Waals surface area contributed by atoms with Gasteiger partial charge in [-0.1, -0.05) is 6.07 Å². The van der Waals surface area contributed by atoms with E-state index in [9.17, 15) is 4.39 Å². The van der Waals surface area contributed by atoms with E-state index < -0.39 is 0 Å². The summed E-state index contributed by atoms with van der Waals surface area (Å²) in [4.78, 5) is 6.65. The molecule has 1 aromatic carbocycles. The van der Waals surface area contributed by atoms with Gasteiger partial charge in [-0.2, -0.15) is 0 Å². The minimum Gasteiger partial charge on any atom is -0.326 e. The molecule has 1 aromatic heterocycles. The van der Waals surface area contributed by atoms with Gasteiger partial charge in [-0.3, -0.25) is 0 Å². The van der Waals surface area contributed by atoms with Crippen molar-refractivity contribution in [1.29, 1.82) is 0 Å². The highest BCUT2D eigenvalue weighted by Crippen LogP contribution is 2.27. The van der Waals surface area contributed by atoms with Crippen molar-refractivity contribution in [1.82, 2.24) is 10.3 Å². The van der Waals surface area contributed by atoms with Crippen molar-refractivity contribution in [2.45, 2.75) is 32.4 Å². The van der Waals surface area contributed by atoms with Crippen LogP contribution in [-0.4, -0.2) is 17.6 Å². The SMILES string of the molecule is CCN(c1ccc(F)cc1)c1ncccc1CNC1CC1. The molecule has 0 bridgehead atoms. The number of nitrogens with one attached hydrogen (secondary N) is 1. The average molecular weight is 285 g/mol. The van der Waals surface area contributed by atoms with Gasteiger partial charge in [-0.25, -0.2) is 9.37 Å². The highest BCUT2D eigenvalue weighted by molar-refractivity contribution is 5.62. The summed E-state index contributed by atoms with van der Waals surface area (Å²) in [5, 5.41) is 3.53. The second kappa shape index (κ2) is 6.22. The Labute approximate surface area is 124 Å². The summed E-state index contributed by atoms with van der Waals surface area (Å²) in [7, 11) is 0. The number of nitrogens with zero attached hydrogens (tertiary/aromatic N) is 2. The average Bonchev–Trinajstić information content (AvgIpc) is 3.33. The fourth-order valence-corrected chi connectivity index (χ4v) is 2.43. The van der Waals surface area contributed by atoms with Gasteiger partial charge in [0.1, 0.15) is 11.6 Å². The van der Waals surface area contributed by atoms with Crippen LogP contribution in [-0.2, 0) is 6.54 Å². The number of hydrogen-bond donors (Lipinski definition) is 1. The molecule has 0 atom stereocenters. The van der Waals surface area contributed by atoms with Crippen molar-refractivity contribution in [3.05, 3.63) is 54.0 Å². The van der Waals surface area contributed by atoms with E-state index in [2.05, 4.69) is 28.2 Å². The predicted molar refractivity (Wildman–Crippen MR) is 83.2 cm³/mol. The van der Waals surface area contributed by atoms with E-state index in [0.29, 0.717) is 6.04 Å². The molecule has 0 unspecified atom stereocenters. The molecule has 0 radical (unpaired) electrons. The van der Waals surface area contributed by atoms with Crippen molar-refractivity contribution in [3.8, 4) is 0 Å². The molecule has 1 fully saturated rings. The quantitative estimate of drug-likeness (QED) is 0.878. The Morgan fingerprint density at radius 1 is 1.24 bits per heavy atom. The predicted octanol–water partition coefficient (Wildman–Crippen LogP) is 3.63. The molecule has 110 valence electrons. The van der Waals surface area contributed by atoms with E-state index in [1.165, 1.54) is 30.5 Å². The van der Waals surface area contributed by atoms with Crippen molar-refractivity contribution < 1.29 is 4.39 Å². The molecule has 0 amide bonds. The number of benzene rings is 1. The topological polar surface area (TPSA) is 28.2 Å². The third kappa shape index (κ3) is 3.39. The zero-order chi connectivity index (χ0) is 14.7. The Hall–Kier alpha value is -1.94. The summed E-state index contributed by atoms with van der Waals surface area (Å²) in [6.07, 6.45) is 4.35. The first-order valence-electron chi connectivity index (χ1n) is 7.48. The number of halogens is 1. The largest absolute Gasteiger partial charge is 0.326 e. The molecule has 1 saturated carbocycles. The molecule has 0 spiro atoms. The van der Waals surface area contributed by atoms with Crippen LogP contribution in [0.3, 0.4) is 0 Å². The molecule has 1 heterocycles. The lowest BCUT2D eigenvalue weighted by Crippen LogP contribution is -2.22. The van der Waals surface area contributed by atoms with Crippen LogP contribution < -0.4 is 10.2 Å². The highest BCUT2D eigenvalue weighted by atomic mass is 19.1. The second-order valence-electron chi connectivity index (χ2n) is 5.36. The molecule has 1 aliphatic rings. The van der Waals surface area contributed by atoms with Crippen molar-refractivity contribution in [2.24, 2.45) is 0 Å². The summed E-state index contributed by atoms with van der Waals surface area (Å²) in [5.74, 6) is 0.728. The number of pyridine rings is 1. The zero-order valence-electron chi connectivity index (χ0n) is 12.2. The van der Waals surface area contributed by atoms with Crippen LogP contribution in [0.15, 0.2) is 42.6 Å². The smallest absolute Gasteiger partial charge is 0.137 e. The molecule has 0 aliphatic heterocycles. The highest BCUT2D eigenvalue weighted by Gasteiger charge is 2.21. The lowest BCUT2D eigenvalue weighted by atomic mass is 10.2. The fourth-order valence-electron chi connectivity index (χ4n) is 2.43. The van der Waals surface area contributed by atoms with E-state index in [1.54, 1.807) is 12.1 Å². The lowest BCUT2D eigenvalue weighted by Gasteiger charge is -2.24. The molecular weight excluding hydrogens is 265 g/mol. The molecule has 2 aromatic rings. The van der Waals surface area contributed by atoms with E-state index in [0.717, 1.165) is 24.6 Å². The van der Waals surface area contributed by atoms with Crippen LogP contribution in [0.4, 0.5) is 15.9 Å². The Kier molecular flexibility index (Phi) is 4.15. The van der Waals surface area contributed by atoms with E-state index in [4.69, 9.17) is 0 Å². The van der Waals surface area contributed by atoms with Crippen LogP contribution >= 0.6 is 0 Å². The number of rotatable bonds is 6. The molecular formula is C17H20FN3. The summed E-state index contributed by atoms with van der Waals surface area (Å²) in [6, 6.07) is 11.3. The number of hydrogen-bond acceptors (Lipinski definition) is 3. The fraction of sp³-hybridized carbons (Fsp3) is 0.353. The molecule has 0 saturated heterocycles. The van der Waals surface area contributed by atoms with Crippen LogP contribution in [0.5, 0.6) is 0 Å². The van der Waals surface area contributed by atoms with Gasteiger partial charge in [-0.15, -0.1) is 0 Å². The maximum Gasteiger partial charge on any atom is 0.137 e. The van der Waals surface area contributed by atoms with Gasteiger partial charge in [0.15, 0.2) is 0 Å². The number of aromatic nitrogens is 1. The van der Waals surface area contributed by atoms with Crippen molar-refractivity contribution in [3.63, 3.8) is 0 Å². The van der Waals surface area contributed by atoms with E-state index in [-0.39, 0.29) is 5.82 Å². The first kappa shape index (κ1) is 14.0. The van der Waals surface area contributed by atoms with Gasteiger partial charge < -0.3 is 10.2 Å². The molecule has 3 nitrogen and oxygen atoms in total. The Bertz CT molecular complexity index is 593. The summed E-state index contributed by atoms with van der Waals surface area (Å²) in [6.45, 7) is 3.70. The van der Waals surface area contributed by atoms with Gasteiger partial charge in [0, 0.05) is 36.6 Å². The summed E-state index contributed by atoms with van der Waals surface area (Å²) in [5.41, 5.74) is 2.14. The van der Waals surface area contributed by atoms with Crippen LogP contribution in [0.25, 0.3) is 0 Å². The first-order valence-corrected chi connectivity index (χ1v) is 7.48. The van der Waals surface area contributed by atoms with Crippen molar-refractivity contribution in [2.75, 3.05) is 11.4 Å². The van der Waals surface area contributed by atoms with E-state index >= 15 is 0 Å². The lowest BCUT2D eigenvalue weighted by molar-refractivity contribution is 0.627. The Morgan fingerprint density at radius 3 is 2.67 bits per heavy atom. The maximum atomic E-state index is 13.1. The van der Waals surface area contributed by atoms with Gasteiger partial charge in [-0.05, 0) is 50.1 Å². The standard InChI is InChI=1S/C17H20FN3/c1-2-21(16-9-5-14(18)6-10-16)17-13(4-3-11-19-17)12-20-15-7-8-15/h3-6,9-11,15,20H,2,7-8,12H2,1H3. The van der Waals surface area contributed by atoms with Gasteiger partial charge in [0.2, 0.25) is 0 Å². The number of anilines is 2. The summed E-state index contributed by atoms with van der Waals surface area (Å²) < 4.78 is 13.1. The normalized spacial score (nSPS) is 14.2. The second-order valence-corrected chi connectivity index (χ2v) is 5.36. The zero-order valence-corrected chi connectivity index (χ0v) is 12.2. The monoisotopic (exact) mass is 285 g/mol. The minimum atomic E-state index is -0.216. The maximum absolute atomic E-state index is 13.1. The van der Waals surface area contributed by atoms with Crippen LogP contribution in [0.2, 0.25) is 0 Å². The van der Waals surface area contributed by atoms with Crippen molar-refractivity contribution >= 4 is 11.5 Å². The molecule has 1 N–H and O–H groups in total. The molecule has 1 aliphatic carbocycles. The Morgan fingerprint density at radius 2 is 2.00 bits per heavy atom. The third-order valence-corrected chi connectivity index (χ3v) is 3.74. The Balaban J connectivity index is 1.86. The van der Waals surface area contributed by atoms with Crippen LogP contribution in [0, 0.1) is 5.82 Å². The van der Waals surface area contributed by atoms with E-state index in [1.807, 2.05) is 12.3 Å².